The monoisotopic (exact) mass is 396 g/mol. The molecule has 4 rings (SSSR count). The number of hydrogen-bond acceptors (Lipinski definition) is 7. The highest BCUT2D eigenvalue weighted by Crippen LogP contribution is 2.27. The van der Waals surface area contributed by atoms with Crippen molar-refractivity contribution in [3.63, 3.8) is 0 Å². The van der Waals surface area contributed by atoms with E-state index in [1.165, 1.54) is 0 Å². The van der Waals surface area contributed by atoms with Crippen molar-refractivity contribution in [2.24, 2.45) is 7.05 Å². The van der Waals surface area contributed by atoms with E-state index in [0.29, 0.717) is 25.6 Å². The molecule has 3 heterocycles. The highest BCUT2D eigenvalue weighted by molar-refractivity contribution is 5.75. The van der Waals surface area contributed by atoms with Crippen molar-refractivity contribution in [3.05, 3.63) is 59.7 Å². The highest BCUT2D eigenvalue weighted by Gasteiger charge is 2.29. The minimum absolute atomic E-state index is 0.0519. The van der Waals surface area contributed by atoms with Crippen LogP contribution >= 0.6 is 0 Å². The molecular formula is C19H24N8O2. The molecule has 2 aromatic heterocycles. The molecule has 1 aromatic carbocycles. The van der Waals surface area contributed by atoms with Gasteiger partial charge in [-0.15, -0.1) is 5.10 Å². The first-order chi connectivity index (χ1) is 14.2. The number of carbonyl (C=O) groups is 1. The van der Waals surface area contributed by atoms with Crippen molar-refractivity contribution in [3.8, 4) is 0 Å². The van der Waals surface area contributed by atoms with Crippen LogP contribution < -0.4 is 5.32 Å². The SMILES string of the molecule is Cn1cc(CNC(=O)Cn2nnnc2[C@@H](c2ccccc2)N2CCOCC2)cn1. The Kier molecular flexibility index (Phi) is 5.92. The summed E-state index contributed by atoms with van der Waals surface area (Å²) in [6.07, 6.45) is 3.60. The van der Waals surface area contributed by atoms with Gasteiger partial charge in [0.2, 0.25) is 5.91 Å². The lowest BCUT2D eigenvalue weighted by Crippen LogP contribution is -2.41. The molecule has 1 aliphatic rings. The second kappa shape index (κ2) is 8.93. The average molecular weight is 396 g/mol. The Morgan fingerprint density at radius 1 is 1.24 bits per heavy atom. The molecule has 152 valence electrons. The third kappa shape index (κ3) is 4.66. The number of nitrogens with zero attached hydrogens (tertiary/aromatic N) is 7. The number of morpholine rings is 1. The van der Waals surface area contributed by atoms with Gasteiger partial charge < -0.3 is 10.1 Å². The number of carbonyl (C=O) groups excluding carboxylic acids is 1. The molecule has 1 fully saturated rings. The van der Waals surface area contributed by atoms with E-state index in [-0.39, 0.29) is 18.5 Å². The zero-order valence-corrected chi connectivity index (χ0v) is 16.3. The maximum atomic E-state index is 12.5. The molecule has 10 heteroatoms. The summed E-state index contributed by atoms with van der Waals surface area (Å²) in [6, 6.07) is 9.95. The van der Waals surface area contributed by atoms with E-state index in [1.807, 2.05) is 31.4 Å². The quantitative estimate of drug-likeness (QED) is 0.606. The predicted molar refractivity (Wildman–Crippen MR) is 104 cm³/mol. The molecule has 10 nitrogen and oxygen atoms in total. The highest BCUT2D eigenvalue weighted by atomic mass is 16.5. The Labute approximate surface area is 168 Å². The Bertz CT molecular complexity index is 933. The molecular weight excluding hydrogens is 372 g/mol. The fourth-order valence-electron chi connectivity index (χ4n) is 3.47. The Morgan fingerprint density at radius 2 is 2.03 bits per heavy atom. The van der Waals surface area contributed by atoms with E-state index in [0.717, 1.165) is 24.2 Å². The van der Waals surface area contributed by atoms with Crippen LogP contribution in [0.4, 0.5) is 0 Å². The number of rotatable bonds is 7. The molecule has 1 N–H and O–H groups in total. The second-order valence-electron chi connectivity index (χ2n) is 6.96. The van der Waals surface area contributed by atoms with Gasteiger partial charge in [0.25, 0.3) is 0 Å². The first-order valence-electron chi connectivity index (χ1n) is 9.58. The van der Waals surface area contributed by atoms with Crippen molar-refractivity contribution in [2.75, 3.05) is 26.3 Å². The third-order valence-corrected chi connectivity index (χ3v) is 4.87. The third-order valence-electron chi connectivity index (χ3n) is 4.87. The van der Waals surface area contributed by atoms with Gasteiger partial charge in [0.05, 0.1) is 25.5 Å². The molecule has 29 heavy (non-hydrogen) atoms. The molecule has 0 spiro atoms. The lowest BCUT2D eigenvalue weighted by Gasteiger charge is -2.33. The van der Waals surface area contributed by atoms with Crippen molar-refractivity contribution < 1.29 is 9.53 Å². The topological polar surface area (TPSA) is 103 Å². The van der Waals surface area contributed by atoms with Gasteiger partial charge >= 0.3 is 0 Å². The number of ether oxygens (including phenoxy) is 1. The Balaban J connectivity index is 1.51. The summed E-state index contributed by atoms with van der Waals surface area (Å²) in [4.78, 5) is 14.8. The van der Waals surface area contributed by atoms with Crippen LogP contribution in [0.15, 0.2) is 42.7 Å². The maximum Gasteiger partial charge on any atom is 0.242 e. The van der Waals surface area contributed by atoms with E-state index < -0.39 is 0 Å². The molecule has 0 saturated carbocycles. The van der Waals surface area contributed by atoms with Crippen molar-refractivity contribution in [1.29, 1.82) is 0 Å². The normalized spacial score (nSPS) is 15.9. The summed E-state index contributed by atoms with van der Waals surface area (Å²) in [5.41, 5.74) is 2.02. The molecule has 0 radical (unpaired) electrons. The van der Waals surface area contributed by atoms with Crippen LogP contribution in [-0.4, -0.2) is 67.1 Å². The van der Waals surface area contributed by atoms with Crippen molar-refractivity contribution in [2.45, 2.75) is 19.1 Å². The van der Waals surface area contributed by atoms with E-state index >= 15 is 0 Å². The number of benzene rings is 1. The summed E-state index contributed by atoms with van der Waals surface area (Å²) in [5, 5.41) is 19.2. The van der Waals surface area contributed by atoms with Crippen molar-refractivity contribution in [1.82, 2.24) is 40.2 Å². The standard InChI is InChI=1S/C19H24N8O2/c1-25-13-15(12-21-25)11-20-17(28)14-27-19(22-23-24-27)18(16-5-3-2-4-6-16)26-7-9-29-10-8-26/h2-6,12-13,18H,7-11,14H2,1H3,(H,20,28)/t18-/m1/s1. The van der Waals surface area contributed by atoms with Crippen LogP contribution in [0.1, 0.15) is 23.0 Å². The summed E-state index contributed by atoms with van der Waals surface area (Å²) >= 11 is 0. The van der Waals surface area contributed by atoms with Gasteiger partial charge in [-0.3, -0.25) is 14.4 Å². The minimum Gasteiger partial charge on any atom is -0.379 e. The van der Waals surface area contributed by atoms with Crippen molar-refractivity contribution >= 4 is 5.91 Å². The maximum absolute atomic E-state index is 12.5. The number of aryl methyl sites for hydroxylation is 1. The smallest absolute Gasteiger partial charge is 0.242 e. The molecule has 1 amide bonds. The lowest BCUT2D eigenvalue weighted by molar-refractivity contribution is -0.122. The number of aromatic nitrogens is 6. The molecule has 0 bridgehead atoms. The predicted octanol–water partition coefficient (Wildman–Crippen LogP) is 0.145. The molecule has 0 aliphatic carbocycles. The zero-order valence-electron chi connectivity index (χ0n) is 16.3. The van der Waals surface area contributed by atoms with Crippen LogP contribution in [0, 0.1) is 0 Å². The average Bonchev–Trinajstić information content (AvgIpc) is 3.37. The van der Waals surface area contributed by atoms with Gasteiger partial charge in [-0.05, 0) is 16.0 Å². The van der Waals surface area contributed by atoms with Gasteiger partial charge in [-0.2, -0.15) is 5.10 Å². The number of hydrogen-bond donors (Lipinski definition) is 1. The van der Waals surface area contributed by atoms with Gasteiger partial charge in [0.1, 0.15) is 6.54 Å². The fourth-order valence-corrected chi connectivity index (χ4v) is 3.47. The summed E-state index contributed by atoms with van der Waals surface area (Å²) in [5.74, 6) is 0.492. The number of nitrogens with one attached hydrogen (secondary N) is 1. The molecule has 1 saturated heterocycles. The van der Waals surface area contributed by atoms with Crippen LogP contribution in [-0.2, 0) is 29.7 Å². The fraction of sp³-hybridized carbons (Fsp3) is 0.421. The first kappa shape index (κ1) is 19.2. The van der Waals surface area contributed by atoms with Crippen LogP contribution in [0.2, 0.25) is 0 Å². The lowest BCUT2D eigenvalue weighted by atomic mass is 10.0. The van der Waals surface area contributed by atoms with E-state index in [1.54, 1.807) is 15.6 Å². The molecule has 1 atom stereocenters. The number of tetrazole rings is 1. The first-order valence-corrected chi connectivity index (χ1v) is 9.58. The van der Waals surface area contributed by atoms with Crippen LogP contribution in [0.3, 0.4) is 0 Å². The number of amides is 1. The second-order valence-corrected chi connectivity index (χ2v) is 6.96. The van der Waals surface area contributed by atoms with Gasteiger partial charge in [-0.1, -0.05) is 30.3 Å². The minimum atomic E-state index is -0.156. The summed E-state index contributed by atoms with van der Waals surface area (Å²) in [6.45, 7) is 3.35. The summed E-state index contributed by atoms with van der Waals surface area (Å²) < 4.78 is 8.78. The Morgan fingerprint density at radius 3 is 2.76 bits per heavy atom. The van der Waals surface area contributed by atoms with Crippen LogP contribution in [0.5, 0.6) is 0 Å². The largest absolute Gasteiger partial charge is 0.379 e. The van der Waals surface area contributed by atoms with E-state index in [4.69, 9.17) is 4.74 Å². The zero-order chi connectivity index (χ0) is 20.1. The van der Waals surface area contributed by atoms with Gasteiger partial charge in [0, 0.05) is 38.4 Å². The summed E-state index contributed by atoms with van der Waals surface area (Å²) in [7, 11) is 1.84. The Hall–Kier alpha value is -3.11. The molecule has 3 aromatic rings. The molecule has 0 unspecified atom stereocenters. The van der Waals surface area contributed by atoms with E-state index in [9.17, 15) is 4.79 Å². The van der Waals surface area contributed by atoms with Gasteiger partial charge in [-0.25, -0.2) is 4.68 Å². The van der Waals surface area contributed by atoms with Gasteiger partial charge in [0.15, 0.2) is 5.82 Å². The van der Waals surface area contributed by atoms with E-state index in [2.05, 4.69) is 43.0 Å². The van der Waals surface area contributed by atoms with Crippen LogP contribution in [0.25, 0.3) is 0 Å². The molecule has 1 aliphatic heterocycles.